The van der Waals surface area contributed by atoms with E-state index in [0.717, 1.165) is 54.7 Å². The summed E-state index contributed by atoms with van der Waals surface area (Å²) in [6.45, 7) is 6.08. The van der Waals surface area contributed by atoms with E-state index in [0.29, 0.717) is 43.3 Å². The van der Waals surface area contributed by atoms with Crippen molar-refractivity contribution in [3.05, 3.63) is 74.0 Å². The first-order chi connectivity index (χ1) is 18.4. The summed E-state index contributed by atoms with van der Waals surface area (Å²) in [6, 6.07) is 11.2. The number of nitrogens with zero attached hydrogens (tertiary/aromatic N) is 4. The zero-order valence-corrected chi connectivity index (χ0v) is 22.4. The number of hydrogen-bond donors (Lipinski definition) is 2. The van der Waals surface area contributed by atoms with Gasteiger partial charge in [0.15, 0.2) is 5.69 Å². The van der Waals surface area contributed by atoms with Crippen molar-refractivity contribution in [2.45, 2.75) is 38.6 Å². The van der Waals surface area contributed by atoms with Crippen LogP contribution >= 0.6 is 11.6 Å². The van der Waals surface area contributed by atoms with E-state index in [1.54, 1.807) is 23.9 Å². The summed E-state index contributed by atoms with van der Waals surface area (Å²) in [6.07, 6.45) is 1.40. The molecule has 0 saturated carbocycles. The van der Waals surface area contributed by atoms with Crippen molar-refractivity contribution in [2.24, 2.45) is 7.05 Å². The lowest BCUT2D eigenvalue weighted by atomic mass is 10.0. The standard InChI is InChI=1S/C28H34ClN5O4/c1-32-26-21(17-34-8-2-3-23(35)18-34)13-20(16-33-9-11-38-12-10-33)14-24(26)27(36)25(31-32)28(37)30-15-19-4-6-22(29)7-5-19/h4-7,13-14,23,35H,2-3,8-12,15-18H2,1H3,(H,30,37). The van der Waals surface area contributed by atoms with Crippen molar-refractivity contribution in [3.63, 3.8) is 0 Å². The fraction of sp³-hybridized carbons (Fsp3) is 0.464. The van der Waals surface area contributed by atoms with Gasteiger partial charge in [-0.05, 0) is 54.3 Å². The molecule has 1 aromatic heterocycles. The quantitative estimate of drug-likeness (QED) is 0.475. The van der Waals surface area contributed by atoms with Gasteiger partial charge in [0, 0.05) is 51.3 Å². The first-order valence-electron chi connectivity index (χ1n) is 13.1. The molecule has 38 heavy (non-hydrogen) atoms. The number of carbonyl (C=O) groups excluding carboxylic acids is 1. The van der Waals surface area contributed by atoms with Gasteiger partial charge < -0.3 is 15.2 Å². The van der Waals surface area contributed by atoms with Crippen LogP contribution in [0.15, 0.2) is 41.2 Å². The number of aliphatic hydroxyl groups excluding tert-OH is 1. The third-order valence-corrected chi connectivity index (χ3v) is 7.50. The topological polar surface area (TPSA) is 99.9 Å². The number of aliphatic hydroxyl groups is 1. The Morgan fingerprint density at radius 3 is 2.61 bits per heavy atom. The Morgan fingerprint density at radius 1 is 1.11 bits per heavy atom. The average Bonchev–Trinajstić information content (AvgIpc) is 2.90. The fourth-order valence-electron chi connectivity index (χ4n) is 5.35. The molecule has 1 unspecified atom stereocenters. The Balaban J connectivity index is 1.49. The van der Waals surface area contributed by atoms with Crippen LogP contribution in [0.3, 0.4) is 0 Å². The summed E-state index contributed by atoms with van der Waals surface area (Å²) in [5, 5.41) is 18.5. The lowest BCUT2D eigenvalue weighted by Gasteiger charge is -2.31. The number of aryl methyl sites for hydroxylation is 1. The van der Waals surface area contributed by atoms with Gasteiger partial charge in [-0.3, -0.25) is 24.1 Å². The molecular weight excluding hydrogens is 506 g/mol. The van der Waals surface area contributed by atoms with Gasteiger partial charge in [-0.2, -0.15) is 5.10 Å². The molecule has 0 spiro atoms. The van der Waals surface area contributed by atoms with Gasteiger partial charge in [0.1, 0.15) is 0 Å². The highest BCUT2D eigenvalue weighted by Gasteiger charge is 2.23. The molecule has 0 aliphatic carbocycles. The highest BCUT2D eigenvalue weighted by Crippen LogP contribution is 2.23. The van der Waals surface area contributed by atoms with E-state index in [2.05, 4.69) is 26.3 Å². The van der Waals surface area contributed by atoms with Crippen molar-refractivity contribution in [3.8, 4) is 0 Å². The fourth-order valence-corrected chi connectivity index (χ4v) is 5.48. The minimum atomic E-state index is -0.512. The Labute approximate surface area is 226 Å². The van der Waals surface area contributed by atoms with Crippen LogP contribution in [-0.4, -0.2) is 76.1 Å². The van der Waals surface area contributed by atoms with Gasteiger partial charge in [0.2, 0.25) is 5.43 Å². The monoisotopic (exact) mass is 539 g/mol. The van der Waals surface area contributed by atoms with E-state index in [1.165, 1.54) is 0 Å². The zero-order chi connectivity index (χ0) is 26.6. The number of halogens is 1. The highest BCUT2D eigenvalue weighted by molar-refractivity contribution is 6.30. The number of hydrogen-bond acceptors (Lipinski definition) is 7. The molecule has 0 bridgehead atoms. The molecule has 2 aliphatic heterocycles. The van der Waals surface area contributed by atoms with Crippen molar-refractivity contribution >= 4 is 28.4 Å². The predicted octanol–water partition coefficient (Wildman–Crippen LogP) is 2.31. The number of amides is 1. The van der Waals surface area contributed by atoms with Crippen LogP contribution in [-0.2, 0) is 31.4 Å². The number of morpholine rings is 1. The molecule has 2 N–H and O–H groups in total. The number of carbonyl (C=O) groups is 1. The Bertz CT molecular complexity index is 1350. The maximum absolute atomic E-state index is 13.7. The summed E-state index contributed by atoms with van der Waals surface area (Å²) in [7, 11) is 1.77. The largest absolute Gasteiger partial charge is 0.392 e. The van der Waals surface area contributed by atoms with Crippen molar-refractivity contribution < 1.29 is 14.6 Å². The number of benzene rings is 2. The number of fused-ring (bicyclic) bond motifs is 1. The number of likely N-dealkylation sites (tertiary alicyclic amines) is 1. The molecule has 2 saturated heterocycles. The number of β-amino-alcohol motifs (C(OH)–C–C–N with tert-alkyl or cyclic N) is 1. The normalized spacial score (nSPS) is 19.1. The van der Waals surface area contributed by atoms with E-state index in [9.17, 15) is 14.7 Å². The van der Waals surface area contributed by atoms with E-state index in [1.807, 2.05) is 18.2 Å². The molecule has 2 aliphatic rings. The van der Waals surface area contributed by atoms with Crippen LogP contribution in [0.5, 0.6) is 0 Å². The first-order valence-corrected chi connectivity index (χ1v) is 13.5. The maximum atomic E-state index is 13.7. The zero-order valence-electron chi connectivity index (χ0n) is 21.7. The molecule has 10 heteroatoms. The van der Waals surface area contributed by atoms with Gasteiger partial charge >= 0.3 is 0 Å². The summed E-state index contributed by atoms with van der Waals surface area (Å²) < 4.78 is 7.14. The van der Waals surface area contributed by atoms with Crippen LogP contribution in [0.1, 0.15) is 40.0 Å². The molecule has 1 atom stereocenters. The highest BCUT2D eigenvalue weighted by atomic mass is 35.5. The third-order valence-electron chi connectivity index (χ3n) is 7.25. The van der Waals surface area contributed by atoms with Gasteiger partial charge in [-0.1, -0.05) is 29.8 Å². The second kappa shape index (κ2) is 11.9. The van der Waals surface area contributed by atoms with Gasteiger partial charge in [-0.15, -0.1) is 0 Å². The molecule has 9 nitrogen and oxygen atoms in total. The lowest BCUT2D eigenvalue weighted by molar-refractivity contribution is 0.0342. The van der Waals surface area contributed by atoms with Gasteiger partial charge in [0.25, 0.3) is 5.91 Å². The number of aromatic nitrogens is 2. The first kappa shape index (κ1) is 26.8. The SMILES string of the molecule is Cn1nc(C(=O)NCc2ccc(Cl)cc2)c(=O)c2cc(CN3CCOCC3)cc(CN3CCCC(O)C3)c21. The average molecular weight is 540 g/mol. The lowest BCUT2D eigenvalue weighted by Crippen LogP contribution is -2.38. The number of piperidine rings is 1. The van der Waals surface area contributed by atoms with Crippen LogP contribution in [0.2, 0.25) is 5.02 Å². The van der Waals surface area contributed by atoms with Crippen LogP contribution < -0.4 is 10.7 Å². The summed E-state index contributed by atoms with van der Waals surface area (Å²) in [4.78, 5) is 31.3. The molecular formula is C28H34ClN5O4. The van der Waals surface area contributed by atoms with Crippen molar-refractivity contribution in [1.82, 2.24) is 24.9 Å². The molecule has 1 amide bonds. The van der Waals surface area contributed by atoms with Crippen LogP contribution in [0.4, 0.5) is 0 Å². The second-order valence-corrected chi connectivity index (χ2v) is 10.6. The third kappa shape index (κ3) is 6.24. The smallest absolute Gasteiger partial charge is 0.276 e. The Kier molecular flexibility index (Phi) is 8.40. The number of rotatable bonds is 7. The minimum Gasteiger partial charge on any atom is -0.392 e. The van der Waals surface area contributed by atoms with Crippen LogP contribution in [0, 0.1) is 0 Å². The molecule has 3 heterocycles. The molecule has 3 aromatic rings. The molecule has 2 aromatic carbocycles. The predicted molar refractivity (Wildman–Crippen MR) is 146 cm³/mol. The Morgan fingerprint density at radius 2 is 1.87 bits per heavy atom. The molecule has 2 fully saturated rings. The maximum Gasteiger partial charge on any atom is 0.276 e. The summed E-state index contributed by atoms with van der Waals surface area (Å²) >= 11 is 5.95. The van der Waals surface area contributed by atoms with E-state index >= 15 is 0 Å². The van der Waals surface area contributed by atoms with E-state index < -0.39 is 5.91 Å². The summed E-state index contributed by atoms with van der Waals surface area (Å²) in [5.74, 6) is -0.512. The number of ether oxygens (including phenoxy) is 1. The second-order valence-electron chi connectivity index (χ2n) is 10.2. The number of nitrogens with one attached hydrogen (secondary N) is 1. The van der Waals surface area contributed by atoms with E-state index in [-0.39, 0.29) is 23.8 Å². The minimum absolute atomic E-state index is 0.128. The summed E-state index contributed by atoms with van der Waals surface area (Å²) in [5.41, 5.74) is 3.07. The van der Waals surface area contributed by atoms with Crippen molar-refractivity contribution in [2.75, 3.05) is 39.4 Å². The molecule has 5 rings (SSSR count). The molecule has 0 radical (unpaired) electrons. The van der Waals surface area contributed by atoms with Gasteiger partial charge in [0.05, 0.1) is 30.2 Å². The Hall–Kier alpha value is -2.82. The van der Waals surface area contributed by atoms with E-state index in [4.69, 9.17) is 16.3 Å². The van der Waals surface area contributed by atoms with Crippen LogP contribution in [0.25, 0.3) is 10.9 Å². The molecule has 202 valence electrons. The van der Waals surface area contributed by atoms with Gasteiger partial charge in [-0.25, -0.2) is 0 Å². The van der Waals surface area contributed by atoms with Crippen molar-refractivity contribution in [1.29, 1.82) is 0 Å².